The number of hydrogen-bond donors (Lipinski definition) is 1. The summed E-state index contributed by atoms with van der Waals surface area (Å²) in [6, 6.07) is 3.20. The van der Waals surface area contributed by atoms with Gasteiger partial charge in [-0.25, -0.2) is 9.37 Å². The molecule has 0 radical (unpaired) electrons. The van der Waals surface area contributed by atoms with Crippen molar-refractivity contribution >= 4 is 27.4 Å². The summed E-state index contributed by atoms with van der Waals surface area (Å²) in [7, 11) is 0. The first-order valence-electron chi connectivity index (χ1n) is 5.29. The number of anilines is 1. The van der Waals surface area contributed by atoms with Gasteiger partial charge in [-0.2, -0.15) is 4.98 Å². The van der Waals surface area contributed by atoms with Crippen LogP contribution < -0.4 is 10.5 Å². The fourth-order valence-electron chi connectivity index (χ4n) is 1.47. The molecular formula is C11H8BrFN4O3. The highest BCUT2D eigenvalue weighted by Crippen LogP contribution is 2.35. The number of nitro benzene ring substituents is 1. The minimum absolute atomic E-state index is 0.000164. The molecule has 20 heavy (non-hydrogen) atoms. The molecule has 0 spiro atoms. The molecular weight excluding hydrogens is 335 g/mol. The van der Waals surface area contributed by atoms with Crippen LogP contribution in [0.4, 0.5) is 15.9 Å². The zero-order chi connectivity index (χ0) is 14.9. The number of aromatic nitrogens is 2. The number of halogens is 2. The molecule has 9 heteroatoms. The lowest BCUT2D eigenvalue weighted by Gasteiger charge is -2.07. The van der Waals surface area contributed by atoms with Gasteiger partial charge in [0.1, 0.15) is 17.5 Å². The summed E-state index contributed by atoms with van der Waals surface area (Å²) in [6.45, 7) is 1.58. The Morgan fingerprint density at radius 1 is 1.40 bits per heavy atom. The maximum atomic E-state index is 13.5. The van der Waals surface area contributed by atoms with Gasteiger partial charge in [-0.3, -0.25) is 10.1 Å². The van der Waals surface area contributed by atoms with E-state index < -0.39 is 16.4 Å². The van der Waals surface area contributed by atoms with Crippen molar-refractivity contribution in [1.29, 1.82) is 0 Å². The Bertz CT molecular complexity index is 675. The van der Waals surface area contributed by atoms with E-state index in [1.54, 1.807) is 6.92 Å². The smallest absolute Gasteiger partial charge is 0.312 e. The second-order valence-corrected chi connectivity index (χ2v) is 4.63. The Kier molecular flexibility index (Phi) is 3.79. The second kappa shape index (κ2) is 5.37. The van der Waals surface area contributed by atoms with Crippen LogP contribution in [0.3, 0.4) is 0 Å². The molecule has 0 atom stereocenters. The van der Waals surface area contributed by atoms with E-state index in [4.69, 9.17) is 10.5 Å². The summed E-state index contributed by atoms with van der Waals surface area (Å²) in [5, 5.41) is 10.9. The Hall–Kier alpha value is -2.29. The summed E-state index contributed by atoms with van der Waals surface area (Å²) >= 11 is 2.88. The van der Waals surface area contributed by atoms with Crippen molar-refractivity contribution in [1.82, 2.24) is 9.97 Å². The van der Waals surface area contributed by atoms with Crippen molar-refractivity contribution in [3.8, 4) is 11.6 Å². The molecule has 2 aromatic rings. The van der Waals surface area contributed by atoms with Gasteiger partial charge in [0.05, 0.1) is 9.40 Å². The topological polar surface area (TPSA) is 104 Å². The molecule has 2 N–H and O–H groups in total. The molecule has 0 aliphatic rings. The number of nitrogens with two attached hydrogens (primary N) is 1. The summed E-state index contributed by atoms with van der Waals surface area (Å²) in [4.78, 5) is 18.0. The third-order valence-corrected chi connectivity index (χ3v) is 2.86. The quantitative estimate of drug-likeness (QED) is 0.679. The molecule has 2 rings (SSSR count). The molecule has 0 saturated carbocycles. The zero-order valence-electron chi connectivity index (χ0n) is 10.1. The number of hydrogen-bond acceptors (Lipinski definition) is 6. The molecule has 1 aromatic carbocycles. The first-order valence-corrected chi connectivity index (χ1v) is 6.08. The number of aryl methyl sites for hydroxylation is 1. The number of ether oxygens (including phenoxy) is 1. The molecule has 0 saturated heterocycles. The molecule has 0 unspecified atom stereocenters. The van der Waals surface area contributed by atoms with E-state index in [1.807, 2.05) is 0 Å². The maximum Gasteiger partial charge on any atom is 0.312 e. The van der Waals surface area contributed by atoms with E-state index >= 15 is 0 Å². The molecule has 0 aliphatic heterocycles. The van der Waals surface area contributed by atoms with Gasteiger partial charge in [0.25, 0.3) is 0 Å². The predicted octanol–water partition coefficient (Wildman–Crippen LogP) is 2.97. The Morgan fingerprint density at radius 3 is 2.70 bits per heavy atom. The number of nitrogen functional groups attached to an aromatic ring is 1. The highest BCUT2D eigenvalue weighted by atomic mass is 79.9. The SMILES string of the molecule is Cc1nc(N)cc(Oc2cc(F)c(Br)cc2[N+](=O)[O-])n1. The average Bonchev–Trinajstić information content (AvgIpc) is 2.31. The van der Waals surface area contributed by atoms with Crippen LogP contribution in [0.1, 0.15) is 5.82 Å². The van der Waals surface area contributed by atoms with E-state index in [-0.39, 0.29) is 21.9 Å². The molecule has 1 aromatic heterocycles. The Balaban J connectivity index is 2.47. The first-order chi connectivity index (χ1) is 9.36. The van der Waals surface area contributed by atoms with Crippen LogP contribution in [0.5, 0.6) is 11.6 Å². The van der Waals surface area contributed by atoms with Crippen LogP contribution in [0.25, 0.3) is 0 Å². The highest BCUT2D eigenvalue weighted by molar-refractivity contribution is 9.10. The van der Waals surface area contributed by atoms with Gasteiger partial charge in [-0.15, -0.1) is 0 Å². The van der Waals surface area contributed by atoms with Crippen molar-refractivity contribution in [3.63, 3.8) is 0 Å². The van der Waals surface area contributed by atoms with E-state index in [1.165, 1.54) is 6.07 Å². The van der Waals surface area contributed by atoms with Crippen molar-refractivity contribution < 1.29 is 14.1 Å². The standard InChI is InChI=1S/C11H8BrFN4O3/c1-5-15-10(14)4-11(16-5)20-9-3-7(13)6(12)2-8(9)17(18)19/h2-4H,1H3,(H2,14,15,16). The third-order valence-electron chi connectivity index (χ3n) is 2.25. The minimum atomic E-state index is -0.690. The zero-order valence-corrected chi connectivity index (χ0v) is 11.7. The van der Waals surface area contributed by atoms with Gasteiger partial charge in [0, 0.05) is 18.2 Å². The summed E-state index contributed by atoms with van der Waals surface area (Å²) < 4.78 is 18.7. The van der Waals surface area contributed by atoms with E-state index in [9.17, 15) is 14.5 Å². The molecule has 0 bridgehead atoms. The van der Waals surface area contributed by atoms with E-state index in [2.05, 4.69) is 25.9 Å². The number of nitro groups is 1. The van der Waals surface area contributed by atoms with Crippen molar-refractivity contribution in [3.05, 3.63) is 44.4 Å². The molecule has 7 nitrogen and oxygen atoms in total. The van der Waals surface area contributed by atoms with Crippen molar-refractivity contribution in [2.75, 3.05) is 5.73 Å². The van der Waals surface area contributed by atoms with Crippen LogP contribution in [-0.4, -0.2) is 14.9 Å². The van der Waals surface area contributed by atoms with E-state index in [0.717, 1.165) is 12.1 Å². The number of benzene rings is 1. The summed E-state index contributed by atoms with van der Waals surface area (Å²) in [5.74, 6) is -0.481. The van der Waals surface area contributed by atoms with Crippen LogP contribution in [-0.2, 0) is 0 Å². The maximum absolute atomic E-state index is 13.5. The fourth-order valence-corrected chi connectivity index (χ4v) is 1.80. The number of rotatable bonds is 3. The molecule has 0 amide bonds. The Labute approximate surface area is 120 Å². The molecule has 104 valence electrons. The van der Waals surface area contributed by atoms with Gasteiger partial charge >= 0.3 is 5.69 Å². The van der Waals surface area contributed by atoms with Crippen molar-refractivity contribution in [2.24, 2.45) is 0 Å². The van der Waals surface area contributed by atoms with Crippen LogP contribution >= 0.6 is 15.9 Å². The fraction of sp³-hybridized carbons (Fsp3) is 0.0909. The second-order valence-electron chi connectivity index (χ2n) is 3.77. The molecule has 1 heterocycles. The number of nitrogens with zero attached hydrogens (tertiary/aromatic N) is 3. The van der Waals surface area contributed by atoms with E-state index in [0.29, 0.717) is 5.82 Å². The van der Waals surface area contributed by atoms with Gasteiger partial charge in [0.15, 0.2) is 0 Å². The largest absolute Gasteiger partial charge is 0.431 e. The van der Waals surface area contributed by atoms with Gasteiger partial charge in [-0.05, 0) is 22.9 Å². The third kappa shape index (κ3) is 2.99. The lowest BCUT2D eigenvalue weighted by molar-refractivity contribution is -0.385. The summed E-state index contributed by atoms with van der Waals surface area (Å²) in [6.07, 6.45) is 0. The first kappa shape index (κ1) is 14.1. The van der Waals surface area contributed by atoms with Crippen LogP contribution in [0, 0.1) is 22.9 Å². The van der Waals surface area contributed by atoms with Gasteiger partial charge < -0.3 is 10.5 Å². The lowest BCUT2D eigenvalue weighted by Crippen LogP contribution is -2.00. The van der Waals surface area contributed by atoms with Crippen LogP contribution in [0.15, 0.2) is 22.7 Å². The molecule has 0 fully saturated rings. The van der Waals surface area contributed by atoms with Crippen LogP contribution in [0.2, 0.25) is 0 Å². The highest BCUT2D eigenvalue weighted by Gasteiger charge is 2.20. The Morgan fingerprint density at radius 2 is 2.10 bits per heavy atom. The minimum Gasteiger partial charge on any atom is -0.431 e. The molecule has 0 aliphatic carbocycles. The van der Waals surface area contributed by atoms with Gasteiger partial charge in [0.2, 0.25) is 11.6 Å². The normalized spacial score (nSPS) is 10.3. The lowest BCUT2D eigenvalue weighted by atomic mass is 10.3. The monoisotopic (exact) mass is 342 g/mol. The predicted molar refractivity (Wildman–Crippen MR) is 72.0 cm³/mol. The average molecular weight is 343 g/mol. The van der Waals surface area contributed by atoms with Gasteiger partial charge in [-0.1, -0.05) is 0 Å². The summed E-state index contributed by atoms with van der Waals surface area (Å²) in [5.41, 5.74) is 5.12. The van der Waals surface area contributed by atoms with Crippen molar-refractivity contribution in [2.45, 2.75) is 6.92 Å².